The van der Waals surface area contributed by atoms with E-state index in [-0.39, 0.29) is 5.56 Å². The molecule has 2 rings (SSSR count). The Morgan fingerprint density at radius 1 is 1.40 bits per heavy atom. The Morgan fingerprint density at radius 3 is 2.90 bits per heavy atom. The first-order valence-corrected chi connectivity index (χ1v) is 6.42. The van der Waals surface area contributed by atoms with E-state index in [1.54, 1.807) is 6.20 Å². The summed E-state index contributed by atoms with van der Waals surface area (Å²) in [6.45, 7) is 3.97. The summed E-state index contributed by atoms with van der Waals surface area (Å²) in [5, 5.41) is 10.5. The van der Waals surface area contributed by atoms with Gasteiger partial charge in [-0.2, -0.15) is 5.10 Å². The molecule has 0 atom stereocenters. The summed E-state index contributed by atoms with van der Waals surface area (Å²) in [5.41, 5.74) is 1.39. The molecule has 106 valence electrons. The number of ether oxygens (including phenoxy) is 1. The third-order valence-corrected chi connectivity index (χ3v) is 2.77. The number of aromatic nitrogens is 3. The molecule has 0 saturated carbocycles. The third kappa shape index (κ3) is 2.93. The number of pyridine rings is 1. The van der Waals surface area contributed by atoms with Crippen LogP contribution in [-0.4, -0.2) is 33.7 Å². The molecule has 0 aliphatic heterocycles. The van der Waals surface area contributed by atoms with Crippen LogP contribution in [0.15, 0.2) is 12.4 Å². The molecule has 2 aromatic rings. The Kier molecular flexibility index (Phi) is 4.29. The van der Waals surface area contributed by atoms with Crippen molar-refractivity contribution >= 4 is 28.7 Å². The Morgan fingerprint density at radius 2 is 2.20 bits per heavy atom. The van der Waals surface area contributed by atoms with Crippen LogP contribution in [0.25, 0.3) is 11.0 Å². The van der Waals surface area contributed by atoms with Gasteiger partial charge < -0.3 is 10.1 Å². The molecule has 0 saturated heterocycles. The van der Waals surface area contributed by atoms with Crippen LogP contribution >= 0.6 is 0 Å². The number of nitrogens with zero attached hydrogens (tertiary/aromatic N) is 2. The van der Waals surface area contributed by atoms with E-state index in [0.717, 1.165) is 12.8 Å². The molecular weight excluding hydrogens is 260 g/mol. The van der Waals surface area contributed by atoms with E-state index in [1.807, 2.05) is 0 Å². The van der Waals surface area contributed by atoms with Crippen molar-refractivity contribution < 1.29 is 14.3 Å². The van der Waals surface area contributed by atoms with Gasteiger partial charge in [-0.25, -0.2) is 9.78 Å². The highest BCUT2D eigenvalue weighted by Crippen LogP contribution is 2.25. The smallest absolute Gasteiger partial charge is 0.349 e. The van der Waals surface area contributed by atoms with E-state index in [4.69, 9.17) is 0 Å². The predicted octanol–water partition coefficient (Wildman–Crippen LogP) is 1.87. The quantitative estimate of drug-likeness (QED) is 0.491. The third-order valence-electron chi connectivity index (χ3n) is 2.77. The average molecular weight is 276 g/mol. The molecule has 0 unspecified atom stereocenters. The van der Waals surface area contributed by atoms with Gasteiger partial charge in [-0.15, -0.1) is 0 Å². The van der Waals surface area contributed by atoms with E-state index in [1.165, 1.54) is 13.1 Å². The number of fused-ring (bicyclic) bond motifs is 1. The van der Waals surface area contributed by atoms with E-state index >= 15 is 0 Å². The number of anilines is 1. The van der Waals surface area contributed by atoms with Crippen LogP contribution in [0.2, 0.25) is 0 Å². The number of unbranched alkanes of at least 4 members (excludes halogenated alkanes) is 1. The lowest BCUT2D eigenvalue weighted by atomic mass is 10.1. The van der Waals surface area contributed by atoms with Crippen LogP contribution in [0, 0.1) is 0 Å². The molecule has 0 spiro atoms. The lowest BCUT2D eigenvalue weighted by Crippen LogP contribution is -2.14. The van der Waals surface area contributed by atoms with Crippen LogP contribution in [0.3, 0.4) is 0 Å². The first-order chi connectivity index (χ1) is 9.63. The maximum Gasteiger partial charge on any atom is 0.349 e. The first kappa shape index (κ1) is 14.0. The number of nitrogens with one attached hydrogen (secondary N) is 2. The summed E-state index contributed by atoms with van der Waals surface area (Å²) in [6.07, 6.45) is 4.95. The fourth-order valence-corrected chi connectivity index (χ4v) is 1.82. The van der Waals surface area contributed by atoms with Gasteiger partial charge in [-0.05, 0) is 6.42 Å². The number of esters is 2. The summed E-state index contributed by atoms with van der Waals surface area (Å²) in [4.78, 5) is 26.9. The Balaban J connectivity index is 2.38. The highest BCUT2D eigenvalue weighted by atomic mass is 16.6. The van der Waals surface area contributed by atoms with E-state index in [2.05, 4.69) is 32.2 Å². The van der Waals surface area contributed by atoms with Gasteiger partial charge in [-0.3, -0.25) is 9.89 Å². The van der Waals surface area contributed by atoms with Gasteiger partial charge in [0.15, 0.2) is 5.65 Å². The number of H-pyrrole nitrogens is 1. The van der Waals surface area contributed by atoms with Gasteiger partial charge in [0.25, 0.3) is 0 Å². The summed E-state index contributed by atoms with van der Waals surface area (Å²) >= 11 is 0. The minimum atomic E-state index is -0.716. The zero-order chi connectivity index (χ0) is 14.5. The molecule has 0 fully saturated rings. The standard InChI is InChI=1S/C13H16N4O3/c1-3-4-5-14-11-9-7-16-17-12(9)15-6-10(11)13(19)20-8(2)18/h6-7H,3-5H2,1-2H3,(H2,14,15,16,17). The van der Waals surface area contributed by atoms with Crippen LogP contribution in [-0.2, 0) is 9.53 Å². The maximum atomic E-state index is 11.9. The average Bonchev–Trinajstić information content (AvgIpc) is 2.86. The van der Waals surface area contributed by atoms with Gasteiger partial charge >= 0.3 is 11.9 Å². The molecule has 0 aromatic carbocycles. The number of hydrogen-bond acceptors (Lipinski definition) is 6. The predicted molar refractivity (Wildman–Crippen MR) is 73.4 cm³/mol. The van der Waals surface area contributed by atoms with Gasteiger partial charge in [-0.1, -0.05) is 13.3 Å². The molecule has 0 aliphatic rings. The van der Waals surface area contributed by atoms with Gasteiger partial charge in [0.05, 0.1) is 17.3 Å². The minimum absolute atomic E-state index is 0.227. The Labute approximate surface area is 115 Å². The maximum absolute atomic E-state index is 11.9. The second kappa shape index (κ2) is 6.14. The van der Waals surface area contributed by atoms with Crippen LogP contribution in [0.1, 0.15) is 37.0 Å². The number of aromatic amines is 1. The van der Waals surface area contributed by atoms with Crippen molar-refractivity contribution in [2.24, 2.45) is 0 Å². The summed E-state index contributed by atoms with van der Waals surface area (Å²) in [6, 6.07) is 0. The van der Waals surface area contributed by atoms with Crippen LogP contribution < -0.4 is 5.32 Å². The Hall–Kier alpha value is -2.44. The summed E-state index contributed by atoms with van der Waals surface area (Å²) in [5.74, 6) is -1.37. The molecule has 0 amide bonds. The second-order valence-electron chi connectivity index (χ2n) is 4.34. The van der Waals surface area contributed by atoms with Crippen molar-refractivity contribution in [3.63, 3.8) is 0 Å². The van der Waals surface area contributed by atoms with Gasteiger partial charge in [0.1, 0.15) is 5.56 Å². The molecule has 2 N–H and O–H groups in total. The van der Waals surface area contributed by atoms with Crippen molar-refractivity contribution in [1.29, 1.82) is 0 Å². The Bertz CT molecular complexity index is 636. The molecule has 0 bridgehead atoms. The monoisotopic (exact) mass is 276 g/mol. The van der Waals surface area contributed by atoms with Crippen molar-refractivity contribution in [1.82, 2.24) is 15.2 Å². The van der Waals surface area contributed by atoms with Crippen molar-refractivity contribution in [2.45, 2.75) is 26.7 Å². The molecule has 0 radical (unpaired) electrons. The van der Waals surface area contributed by atoms with E-state index < -0.39 is 11.9 Å². The first-order valence-electron chi connectivity index (χ1n) is 6.42. The number of hydrogen-bond donors (Lipinski definition) is 2. The van der Waals surface area contributed by atoms with Crippen molar-refractivity contribution in [2.75, 3.05) is 11.9 Å². The van der Waals surface area contributed by atoms with E-state index in [9.17, 15) is 9.59 Å². The lowest BCUT2D eigenvalue weighted by Gasteiger charge is -2.11. The number of carbonyl (C=O) groups is 2. The lowest BCUT2D eigenvalue weighted by molar-refractivity contribution is -0.135. The normalized spacial score (nSPS) is 10.5. The molecular formula is C13H16N4O3. The zero-order valence-electron chi connectivity index (χ0n) is 11.4. The van der Waals surface area contributed by atoms with Gasteiger partial charge in [0.2, 0.25) is 0 Å². The molecule has 7 heteroatoms. The molecule has 7 nitrogen and oxygen atoms in total. The fraction of sp³-hybridized carbons (Fsp3) is 0.385. The molecule has 0 aliphatic carbocycles. The van der Waals surface area contributed by atoms with Crippen molar-refractivity contribution in [3.8, 4) is 0 Å². The van der Waals surface area contributed by atoms with Crippen LogP contribution in [0.4, 0.5) is 5.69 Å². The summed E-state index contributed by atoms with van der Waals surface area (Å²) < 4.78 is 4.62. The second-order valence-corrected chi connectivity index (χ2v) is 4.34. The fourth-order valence-electron chi connectivity index (χ4n) is 1.82. The molecule has 2 aromatic heterocycles. The highest BCUT2D eigenvalue weighted by molar-refractivity contribution is 6.06. The SMILES string of the molecule is CCCCNc1c(C(=O)OC(C)=O)cnc2[nH]ncc12. The molecule has 20 heavy (non-hydrogen) atoms. The van der Waals surface area contributed by atoms with Crippen LogP contribution in [0.5, 0.6) is 0 Å². The van der Waals surface area contributed by atoms with Crippen molar-refractivity contribution in [3.05, 3.63) is 18.0 Å². The zero-order valence-corrected chi connectivity index (χ0v) is 11.4. The van der Waals surface area contributed by atoms with Gasteiger partial charge in [0, 0.05) is 19.7 Å². The minimum Gasteiger partial charge on any atom is -0.390 e. The molecule has 2 heterocycles. The topological polar surface area (TPSA) is 97.0 Å². The number of rotatable bonds is 5. The summed E-state index contributed by atoms with van der Waals surface area (Å²) in [7, 11) is 0. The number of carbonyl (C=O) groups excluding carboxylic acids is 2. The largest absolute Gasteiger partial charge is 0.390 e. The highest BCUT2D eigenvalue weighted by Gasteiger charge is 2.18. The van der Waals surface area contributed by atoms with E-state index in [0.29, 0.717) is 23.3 Å².